The molecular formula is C36H64O8Si4. The van der Waals surface area contributed by atoms with Gasteiger partial charge in [-0.3, -0.25) is 0 Å². The molecule has 4 bridgehead atoms. The van der Waals surface area contributed by atoms with Crippen LogP contribution in [0.25, 0.3) is 0 Å². The first-order valence-corrected chi connectivity index (χ1v) is 30.5. The van der Waals surface area contributed by atoms with Gasteiger partial charge in [-0.05, 0) is 164 Å². The summed E-state index contributed by atoms with van der Waals surface area (Å²) < 4.78 is 55.0. The van der Waals surface area contributed by atoms with Gasteiger partial charge in [0.2, 0.25) is 0 Å². The molecule has 7 heterocycles. The zero-order valence-corrected chi connectivity index (χ0v) is 34.3. The van der Waals surface area contributed by atoms with Crippen molar-refractivity contribution in [2.24, 2.45) is 23.7 Å². The molecule has 4 aliphatic carbocycles. The summed E-state index contributed by atoms with van der Waals surface area (Å²) in [5, 5.41) is 0. The van der Waals surface area contributed by atoms with Crippen LogP contribution in [0.3, 0.4) is 0 Å². The van der Waals surface area contributed by atoms with Crippen molar-refractivity contribution in [1.29, 1.82) is 0 Å². The van der Waals surface area contributed by atoms with Gasteiger partial charge in [0.1, 0.15) is 0 Å². The van der Waals surface area contributed by atoms with E-state index in [1.165, 1.54) is 89.9 Å². The molecule has 0 aromatic carbocycles. The van der Waals surface area contributed by atoms with Crippen molar-refractivity contribution in [3.05, 3.63) is 0 Å². The summed E-state index contributed by atoms with van der Waals surface area (Å²) in [7, 11) is -10.5. The van der Waals surface area contributed by atoms with Crippen molar-refractivity contribution in [3.8, 4) is 0 Å². The van der Waals surface area contributed by atoms with Crippen molar-refractivity contribution in [2.45, 2.75) is 202 Å². The molecule has 12 heteroatoms. The van der Waals surface area contributed by atoms with E-state index in [9.17, 15) is 0 Å². The van der Waals surface area contributed by atoms with Gasteiger partial charge in [0.25, 0.3) is 0 Å². The van der Waals surface area contributed by atoms with Crippen LogP contribution in [0.5, 0.6) is 0 Å². The number of hydrogen-bond acceptors (Lipinski definition) is 8. The fraction of sp³-hybridized carbons (Fsp3) is 1.00. The highest BCUT2D eigenvalue weighted by Gasteiger charge is 2.58. The fourth-order valence-corrected chi connectivity index (χ4v) is 35.1. The van der Waals surface area contributed by atoms with Crippen LogP contribution in [0, 0.1) is 23.7 Å². The molecule has 0 aromatic rings. The highest BCUT2D eigenvalue weighted by molar-refractivity contribution is 6.93. The van der Waals surface area contributed by atoms with Gasteiger partial charge >= 0.3 is 34.2 Å². The van der Waals surface area contributed by atoms with E-state index >= 15 is 0 Å². The zero-order chi connectivity index (χ0) is 32.7. The monoisotopic (exact) mass is 736 g/mol. The lowest BCUT2D eigenvalue weighted by molar-refractivity contribution is -0.185. The Balaban J connectivity index is 0.948. The standard InChI is InChI=1S/C36H64O8Si4/c1-45(17-13-25-5-11-31-35(21-25)39-31)41-46(2,18-14-26-6-12-32-36(22-26)40-32)43-48(4,20-16-28-8-10-30-24-34(28)38-30)44-47(3,42-45)19-15-27-7-9-29-23-33(27)37-29/h25-36H,5-24H2,1-4H3. The van der Waals surface area contributed by atoms with E-state index in [1.807, 2.05) is 0 Å². The second-order valence-corrected chi connectivity index (χ2v) is 33.0. The smallest absolute Gasteiger partial charge is 0.317 e. The fourth-order valence-electron chi connectivity index (χ4n) is 11.4. The molecule has 0 radical (unpaired) electrons. The van der Waals surface area contributed by atoms with Gasteiger partial charge in [-0.1, -0.05) is 0 Å². The van der Waals surface area contributed by atoms with Crippen molar-refractivity contribution < 1.29 is 35.4 Å². The average molecular weight is 737 g/mol. The van der Waals surface area contributed by atoms with E-state index in [0.717, 1.165) is 48.9 Å². The van der Waals surface area contributed by atoms with Crippen LogP contribution in [0.2, 0.25) is 50.4 Å². The first-order valence-electron chi connectivity index (χ1n) is 20.4. The quantitative estimate of drug-likeness (QED) is 0.147. The molecule has 8 nitrogen and oxygen atoms in total. The molecule has 7 saturated heterocycles. The Morgan fingerprint density at radius 2 is 0.750 bits per heavy atom. The topological polar surface area (TPSA) is 80.4 Å². The second-order valence-electron chi connectivity index (χ2n) is 18.6. The molecule has 4 saturated carbocycles. The lowest BCUT2D eigenvalue weighted by atomic mass is 9.79. The number of rotatable bonds is 12. The molecular weight excluding hydrogens is 673 g/mol. The highest BCUT2D eigenvalue weighted by Crippen LogP contribution is 2.48. The summed E-state index contributed by atoms with van der Waals surface area (Å²) in [5.74, 6) is 2.73. The third-order valence-corrected chi connectivity index (χ3v) is 33.0. The van der Waals surface area contributed by atoms with Crippen LogP contribution < -0.4 is 0 Å². The molecule has 16 atom stereocenters. The minimum Gasteiger partial charge on any atom is -0.416 e. The van der Waals surface area contributed by atoms with Gasteiger partial charge in [0.15, 0.2) is 0 Å². The Labute approximate surface area is 294 Å². The summed E-state index contributed by atoms with van der Waals surface area (Å²) in [6.07, 6.45) is 23.8. The lowest BCUT2D eigenvalue weighted by Gasteiger charge is -2.52. The number of epoxide rings is 2. The maximum atomic E-state index is 7.67. The molecule has 0 amide bonds. The summed E-state index contributed by atoms with van der Waals surface area (Å²) in [6.45, 7) is 9.58. The average Bonchev–Trinajstić information content (AvgIpc) is 3.94. The second kappa shape index (κ2) is 13.1. The van der Waals surface area contributed by atoms with Crippen LogP contribution in [0.4, 0.5) is 0 Å². The number of ether oxygens (including phenoxy) is 4. The molecule has 0 spiro atoms. The Kier molecular flexibility index (Phi) is 9.40. The Bertz CT molecular complexity index is 1080. The Hall–Kier alpha value is 0.548. The number of fused-ring (bicyclic) bond motifs is 6. The maximum absolute atomic E-state index is 7.67. The molecule has 11 fully saturated rings. The Morgan fingerprint density at radius 1 is 0.375 bits per heavy atom. The SMILES string of the molecule is C[Si]1(CCC2CCC3OC3C2)O[Si](C)(CCC2CCC3OC3C2)O[Si](C)(CCC2CCC3CC2O3)O[Si](C)(CCC2CCC3CC2O3)O1. The van der Waals surface area contributed by atoms with Gasteiger partial charge in [-0.15, -0.1) is 0 Å². The van der Waals surface area contributed by atoms with Crippen LogP contribution in [-0.2, 0) is 35.4 Å². The van der Waals surface area contributed by atoms with Crippen molar-refractivity contribution in [2.75, 3.05) is 0 Å². The third kappa shape index (κ3) is 7.62. The van der Waals surface area contributed by atoms with E-state index in [4.69, 9.17) is 35.4 Å². The van der Waals surface area contributed by atoms with E-state index in [-0.39, 0.29) is 0 Å². The molecule has 272 valence electrons. The predicted octanol–water partition coefficient (Wildman–Crippen LogP) is 8.18. The van der Waals surface area contributed by atoms with Crippen molar-refractivity contribution in [3.63, 3.8) is 0 Å². The van der Waals surface area contributed by atoms with Gasteiger partial charge in [-0.25, -0.2) is 0 Å². The third-order valence-electron chi connectivity index (χ3n) is 14.4. The molecule has 11 aliphatic rings. The van der Waals surface area contributed by atoms with Crippen LogP contribution in [0.1, 0.15) is 103 Å². The predicted molar refractivity (Wildman–Crippen MR) is 193 cm³/mol. The normalized spacial score (nSPS) is 55.2. The van der Waals surface area contributed by atoms with E-state index in [0.29, 0.717) is 60.7 Å². The molecule has 0 N–H and O–H groups in total. The minimum absolute atomic E-state index is 0.457. The maximum Gasteiger partial charge on any atom is 0.317 e. The summed E-state index contributed by atoms with van der Waals surface area (Å²) >= 11 is 0. The van der Waals surface area contributed by atoms with Crippen LogP contribution in [0.15, 0.2) is 0 Å². The largest absolute Gasteiger partial charge is 0.416 e. The molecule has 11 rings (SSSR count). The van der Waals surface area contributed by atoms with Crippen molar-refractivity contribution >= 4 is 34.2 Å². The lowest BCUT2D eigenvalue weighted by Crippen LogP contribution is -2.67. The van der Waals surface area contributed by atoms with E-state index in [1.54, 1.807) is 0 Å². The number of hydrogen-bond donors (Lipinski definition) is 0. The molecule has 7 aliphatic heterocycles. The molecule has 0 aromatic heterocycles. The van der Waals surface area contributed by atoms with Crippen LogP contribution >= 0.6 is 0 Å². The molecule has 16 unspecified atom stereocenters. The Morgan fingerprint density at radius 3 is 1.08 bits per heavy atom. The van der Waals surface area contributed by atoms with Gasteiger partial charge in [0, 0.05) is 12.8 Å². The van der Waals surface area contributed by atoms with Crippen molar-refractivity contribution in [1.82, 2.24) is 0 Å². The summed E-state index contributed by atoms with van der Waals surface area (Å²) in [4.78, 5) is 0. The van der Waals surface area contributed by atoms with Gasteiger partial charge < -0.3 is 35.4 Å². The summed E-state index contributed by atoms with van der Waals surface area (Å²) in [5.41, 5.74) is 0. The first kappa shape index (κ1) is 34.3. The highest BCUT2D eigenvalue weighted by atomic mass is 28.5. The zero-order valence-electron chi connectivity index (χ0n) is 30.3. The van der Waals surface area contributed by atoms with Gasteiger partial charge in [0.05, 0.1) is 48.8 Å². The van der Waals surface area contributed by atoms with Crippen LogP contribution in [-0.4, -0.2) is 83.1 Å². The van der Waals surface area contributed by atoms with E-state index in [2.05, 4.69) is 26.2 Å². The molecule has 48 heavy (non-hydrogen) atoms. The minimum atomic E-state index is -2.63. The van der Waals surface area contributed by atoms with Gasteiger partial charge in [-0.2, -0.15) is 0 Å². The summed E-state index contributed by atoms with van der Waals surface area (Å²) in [6, 6.07) is 4.15. The van der Waals surface area contributed by atoms with E-state index < -0.39 is 34.2 Å². The first-order chi connectivity index (χ1) is 23.0.